The largest absolute Gasteiger partial charge is 0.398 e. The van der Waals surface area contributed by atoms with E-state index in [0.717, 1.165) is 5.56 Å². The maximum Gasteiger partial charge on any atom is 0.243 e. The summed E-state index contributed by atoms with van der Waals surface area (Å²) in [6, 6.07) is 17.6. The van der Waals surface area contributed by atoms with Crippen molar-refractivity contribution in [2.45, 2.75) is 88.4 Å². The first-order valence-electron chi connectivity index (χ1n) is 16.6. The number of nitrogens with one attached hydrogen (secondary N) is 3. The molecule has 0 fully saturated rings. The van der Waals surface area contributed by atoms with E-state index in [9.17, 15) is 27.5 Å². The van der Waals surface area contributed by atoms with Gasteiger partial charge >= 0.3 is 0 Å². The van der Waals surface area contributed by atoms with Gasteiger partial charge in [-0.3, -0.25) is 14.9 Å². The molecular weight excluding hydrogens is 678 g/mol. The number of hydrogen-bond acceptors (Lipinski definition) is 8. The lowest BCUT2D eigenvalue weighted by molar-refractivity contribution is -0.132. The van der Waals surface area contributed by atoms with Crippen molar-refractivity contribution in [2.75, 3.05) is 25.4 Å². The molecule has 10 nitrogen and oxygen atoms in total. The maximum atomic E-state index is 14.0. The zero-order chi connectivity index (χ0) is 37.4. The SMILES string of the molecule is CC(C)CN(C[C@@H](O)[C@H](Cc1ccccc1)NC(=O)[C@@H](NC(=O)CNC(C)(C)c1cccc(F)c1)C(C)(C)C)S(=O)(=O)c1ccc(N)c(S)c1. The third kappa shape index (κ3) is 11.5. The summed E-state index contributed by atoms with van der Waals surface area (Å²) in [7, 11) is -4.09. The number of hydrogen-bond donors (Lipinski definition) is 6. The molecule has 13 heteroatoms. The molecular formula is C37H52FN5O5S2. The number of thiol groups is 1. The summed E-state index contributed by atoms with van der Waals surface area (Å²) >= 11 is 4.29. The minimum atomic E-state index is -4.09. The molecule has 274 valence electrons. The van der Waals surface area contributed by atoms with Gasteiger partial charge < -0.3 is 21.5 Å². The minimum Gasteiger partial charge on any atom is -0.398 e. The second-order valence-corrected chi connectivity index (χ2v) is 17.1. The van der Waals surface area contributed by atoms with Crippen LogP contribution in [0.3, 0.4) is 0 Å². The maximum absolute atomic E-state index is 14.0. The normalized spacial score (nSPS) is 14.3. The third-order valence-corrected chi connectivity index (χ3v) is 10.6. The number of nitrogens with two attached hydrogens (primary N) is 1. The van der Waals surface area contributed by atoms with Gasteiger partial charge in [-0.1, -0.05) is 77.1 Å². The van der Waals surface area contributed by atoms with Gasteiger partial charge in [0.05, 0.1) is 23.6 Å². The standard InChI is InChI=1S/C37H52FN5O5S2/c1-24(2)22-43(50(47,48)28-16-17-29(39)32(49)20-28)23-31(44)30(18-25-12-9-8-10-13-25)41-35(46)34(36(3,4)5)42-33(45)21-40-37(6,7)26-14-11-15-27(38)19-26/h8-17,19-20,24,30-31,34,40,44,49H,18,21-23,39H2,1-7H3,(H,41,46)(H,42,45)/t30-,31+,34+/m0/s1. The van der Waals surface area contributed by atoms with E-state index < -0.39 is 51.0 Å². The Morgan fingerprint density at radius 3 is 2.18 bits per heavy atom. The Balaban J connectivity index is 1.85. The van der Waals surface area contributed by atoms with Gasteiger partial charge in [-0.05, 0) is 73.1 Å². The minimum absolute atomic E-state index is 0.0158. The number of carbonyl (C=O) groups is 2. The molecule has 0 unspecified atom stereocenters. The number of nitrogens with zero attached hydrogens (tertiary/aromatic N) is 1. The Kier molecular flexibility index (Phi) is 14.0. The lowest BCUT2D eigenvalue weighted by atomic mass is 9.85. The second-order valence-electron chi connectivity index (χ2n) is 14.7. The molecule has 0 aromatic heterocycles. The molecule has 0 spiro atoms. The molecule has 0 bridgehead atoms. The number of aliphatic hydroxyl groups is 1. The van der Waals surface area contributed by atoms with E-state index in [1.54, 1.807) is 12.1 Å². The van der Waals surface area contributed by atoms with E-state index >= 15 is 0 Å². The Morgan fingerprint density at radius 1 is 0.940 bits per heavy atom. The van der Waals surface area contributed by atoms with Gasteiger partial charge in [-0.15, -0.1) is 12.6 Å². The van der Waals surface area contributed by atoms with E-state index in [1.807, 2.05) is 78.8 Å². The Bertz CT molecular complexity index is 1710. The summed E-state index contributed by atoms with van der Waals surface area (Å²) in [5.74, 6) is -1.46. The quantitative estimate of drug-likeness (QED) is 0.0939. The van der Waals surface area contributed by atoms with Crippen LogP contribution in [0.2, 0.25) is 0 Å². The van der Waals surface area contributed by atoms with Crippen LogP contribution in [0.25, 0.3) is 0 Å². The smallest absolute Gasteiger partial charge is 0.243 e. The van der Waals surface area contributed by atoms with Crippen LogP contribution in [-0.2, 0) is 31.6 Å². The molecule has 6 N–H and O–H groups in total. The lowest BCUT2D eigenvalue weighted by Gasteiger charge is -2.35. The Labute approximate surface area is 301 Å². The topological polar surface area (TPSA) is 154 Å². The van der Waals surface area contributed by atoms with Crippen molar-refractivity contribution in [3.63, 3.8) is 0 Å². The summed E-state index contributed by atoms with van der Waals surface area (Å²) in [4.78, 5) is 27.5. The summed E-state index contributed by atoms with van der Waals surface area (Å²) in [6.07, 6.45) is -1.14. The molecule has 3 rings (SSSR count). The van der Waals surface area contributed by atoms with E-state index in [-0.39, 0.29) is 42.7 Å². The molecule has 0 radical (unpaired) electrons. The van der Waals surface area contributed by atoms with Crippen LogP contribution < -0.4 is 21.7 Å². The molecule has 0 aliphatic heterocycles. The zero-order valence-corrected chi connectivity index (χ0v) is 31.6. The van der Waals surface area contributed by atoms with Crippen LogP contribution >= 0.6 is 12.6 Å². The van der Waals surface area contributed by atoms with Crippen LogP contribution in [0, 0.1) is 17.2 Å². The molecule has 3 atom stereocenters. The molecule has 3 aromatic carbocycles. The third-order valence-electron chi connectivity index (χ3n) is 8.36. The average Bonchev–Trinajstić information content (AvgIpc) is 3.03. The molecule has 3 aromatic rings. The van der Waals surface area contributed by atoms with Crippen molar-refractivity contribution in [2.24, 2.45) is 11.3 Å². The fourth-order valence-electron chi connectivity index (χ4n) is 5.43. The first-order chi connectivity index (χ1) is 23.2. The Hall–Kier alpha value is -3.49. The van der Waals surface area contributed by atoms with Crippen LogP contribution in [-0.4, -0.2) is 67.5 Å². The van der Waals surface area contributed by atoms with Crippen LogP contribution in [0.15, 0.2) is 82.6 Å². The highest BCUT2D eigenvalue weighted by Gasteiger charge is 2.37. The average molecular weight is 730 g/mol. The monoisotopic (exact) mass is 729 g/mol. The number of nitrogen functional groups attached to an aromatic ring is 1. The van der Waals surface area contributed by atoms with E-state index in [2.05, 4.69) is 28.6 Å². The molecule has 0 aliphatic rings. The number of sulfonamides is 1. The van der Waals surface area contributed by atoms with Gasteiger partial charge in [0, 0.05) is 29.2 Å². The highest BCUT2D eigenvalue weighted by molar-refractivity contribution is 7.89. The lowest BCUT2D eigenvalue weighted by Crippen LogP contribution is -2.59. The van der Waals surface area contributed by atoms with Crippen molar-refractivity contribution in [3.8, 4) is 0 Å². The van der Waals surface area contributed by atoms with Crippen molar-refractivity contribution in [1.82, 2.24) is 20.3 Å². The highest BCUT2D eigenvalue weighted by atomic mass is 32.2. The van der Waals surface area contributed by atoms with Crippen molar-refractivity contribution in [3.05, 3.63) is 89.7 Å². The number of anilines is 1. The number of carbonyl (C=O) groups excluding carboxylic acids is 2. The predicted molar refractivity (Wildman–Crippen MR) is 199 cm³/mol. The van der Waals surface area contributed by atoms with Gasteiger partial charge in [0.25, 0.3) is 0 Å². The summed E-state index contributed by atoms with van der Waals surface area (Å²) in [6.45, 7) is 12.5. The molecule has 2 amide bonds. The molecule has 0 saturated carbocycles. The van der Waals surface area contributed by atoms with Gasteiger partial charge in [-0.2, -0.15) is 4.31 Å². The first kappa shape index (κ1) is 40.9. The van der Waals surface area contributed by atoms with Crippen LogP contribution in [0.1, 0.15) is 59.6 Å². The number of benzene rings is 3. The van der Waals surface area contributed by atoms with Gasteiger partial charge in [0.1, 0.15) is 11.9 Å². The van der Waals surface area contributed by atoms with E-state index in [0.29, 0.717) is 16.1 Å². The molecule has 0 saturated heterocycles. The van der Waals surface area contributed by atoms with Crippen molar-refractivity contribution >= 4 is 40.2 Å². The molecule has 0 heterocycles. The second kappa shape index (κ2) is 17.1. The van der Waals surface area contributed by atoms with Gasteiger partial charge in [0.15, 0.2) is 0 Å². The Morgan fingerprint density at radius 2 is 1.60 bits per heavy atom. The molecule has 50 heavy (non-hydrogen) atoms. The zero-order valence-electron chi connectivity index (χ0n) is 29.9. The van der Waals surface area contributed by atoms with Crippen LogP contribution in [0.5, 0.6) is 0 Å². The van der Waals surface area contributed by atoms with Gasteiger partial charge in [-0.25, -0.2) is 12.8 Å². The number of halogens is 1. The van der Waals surface area contributed by atoms with Crippen LogP contribution in [0.4, 0.5) is 10.1 Å². The fourth-order valence-corrected chi connectivity index (χ4v) is 7.38. The van der Waals surface area contributed by atoms with Gasteiger partial charge in [0.2, 0.25) is 21.8 Å². The van der Waals surface area contributed by atoms with E-state index in [4.69, 9.17) is 5.73 Å². The number of aliphatic hydroxyl groups excluding tert-OH is 1. The molecule has 0 aliphatic carbocycles. The van der Waals surface area contributed by atoms with E-state index in [1.165, 1.54) is 34.6 Å². The highest BCUT2D eigenvalue weighted by Crippen LogP contribution is 2.26. The fraction of sp³-hybridized carbons (Fsp3) is 0.459. The summed E-state index contributed by atoms with van der Waals surface area (Å²) in [5.41, 5.74) is 6.19. The number of rotatable bonds is 16. The number of amides is 2. The van der Waals surface area contributed by atoms with Crippen molar-refractivity contribution < 1.29 is 27.5 Å². The summed E-state index contributed by atoms with van der Waals surface area (Å²) in [5, 5.41) is 20.6. The first-order valence-corrected chi connectivity index (χ1v) is 18.5. The van der Waals surface area contributed by atoms with Crippen molar-refractivity contribution in [1.29, 1.82) is 0 Å². The predicted octanol–water partition coefficient (Wildman–Crippen LogP) is 4.49. The summed E-state index contributed by atoms with van der Waals surface area (Å²) < 4.78 is 42.8.